The van der Waals surface area contributed by atoms with E-state index in [1.807, 2.05) is 71.1 Å². The Morgan fingerprint density at radius 1 is 0.427 bits per heavy atom. The van der Waals surface area contributed by atoms with Gasteiger partial charge in [0, 0.05) is 130 Å². The number of carbonyl (C=O) groups excluding carboxylic acids is 4. The van der Waals surface area contributed by atoms with E-state index in [-0.39, 0.29) is 113 Å². The molecule has 0 aliphatic carbocycles. The normalized spacial score (nSPS) is 11.2. The number of hydrogen-bond donors (Lipinski definition) is 2. The van der Waals surface area contributed by atoms with E-state index in [1.54, 1.807) is 0 Å². The molecule has 0 spiro atoms. The molecule has 13 aromatic carbocycles. The Balaban J connectivity index is 0.000000161. The summed E-state index contributed by atoms with van der Waals surface area (Å²) in [5, 5.41) is 28.4. The van der Waals surface area contributed by atoms with Crippen molar-refractivity contribution in [3.05, 3.63) is 396 Å². The third-order valence-corrected chi connectivity index (χ3v) is 21.9. The summed E-state index contributed by atoms with van der Waals surface area (Å²) in [5.74, 6) is -0.0269. The van der Waals surface area contributed by atoms with Gasteiger partial charge in [-0.3, -0.25) is 34.1 Å². The standard InChI is InChI=1S/C29H19N2.C18H16N.2C17H14N.C16H12N.C9H16O2.2C5H8O2.3Ir/c1-19-18-30-28-24-14-12-22(20-8-4-2-5-9-20)16-26(24)27-17-23(21-10-6-3-7-11-21)13-15-25(27)29(28)31-19;1-12-4-5-15-6-7-17(19-18(15)11-12)16-9-13(2)8-14(3)10-16;1-12-10-13-6-3-5-9-16(13)18-11-14-7-2-4-8-15(14)17(12)18;1-12-9-13(2)11-15(10-12)17-8-7-14-5-3-4-6-16(14)18-17;1-3-7-14-12(5-1)9-10-17-11-13-6-2-4-8-15(13)16(14)17;1-6(2)8(10)5-9(11)7(3)4;2*1-4(6)3-5(2)7;;;/h2-13,15-18H,1H3;4-9,11H,1-3H3;2-10H,11H2,1H3;3-10H,1-2H3;1-10H,11H2;5-7,10H,1-4H3;3H2,1-2H3;3,6H,1-2H3;;;/q2*-1;+1;-1;+1;;;;;;. The topological polar surface area (TPSA) is 168 Å². The molecule has 0 unspecified atom stereocenters. The minimum Gasteiger partial charge on any atom is -0.512 e. The van der Waals surface area contributed by atoms with Gasteiger partial charge in [-0.05, 0) is 141 Å². The first-order valence-electron chi connectivity index (χ1n) is 43.3. The largest absolute Gasteiger partial charge is 0.512 e. The summed E-state index contributed by atoms with van der Waals surface area (Å²) in [6, 6.07) is 113. The van der Waals surface area contributed by atoms with Crippen molar-refractivity contribution in [2.75, 3.05) is 0 Å². The molecule has 3 radical (unpaired) electrons. The van der Waals surface area contributed by atoms with Crippen LogP contribution in [0.25, 0.3) is 143 Å². The van der Waals surface area contributed by atoms with E-state index in [9.17, 15) is 24.3 Å². The summed E-state index contributed by atoms with van der Waals surface area (Å²) in [4.78, 5) is 60.2. The maximum atomic E-state index is 11.0. The summed E-state index contributed by atoms with van der Waals surface area (Å²) < 4.78 is 4.78. The van der Waals surface area contributed by atoms with Crippen molar-refractivity contribution in [2.45, 2.75) is 123 Å². The fraction of sp³-hybridized carbons (Fsp3) is 0.172. The zero-order chi connectivity index (χ0) is 90.8. The van der Waals surface area contributed by atoms with Gasteiger partial charge in [-0.2, -0.15) is 9.13 Å². The molecule has 0 atom stereocenters. The van der Waals surface area contributed by atoms with Gasteiger partial charge in [0.15, 0.2) is 30.9 Å². The summed E-state index contributed by atoms with van der Waals surface area (Å²) in [6.07, 6.45) is 6.60. The monoisotopic (exact) mass is 2260 g/mol. The predicted octanol–water partition coefficient (Wildman–Crippen LogP) is 26.8. The van der Waals surface area contributed by atoms with Crippen molar-refractivity contribution < 1.29 is 98.8 Å². The predicted molar refractivity (Wildman–Crippen MR) is 525 cm³/mol. The van der Waals surface area contributed by atoms with Crippen molar-refractivity contribution in [3.8, 4) is 67.3 Å². The molecule has 0 saturated carbocycles. The Labute approximate surface area is 809 Å². The molecule has 0 amide bonds. The molecule has 0 bridgehead atoms. The summed E-state index contributed by atoms with van der Waals surface area (Å²) >= 11 is 0. The first-order chi connectivity index (χ1) is 61.6. The van der Waals surface area contributed by atoms with Crippen LogP contribution < -0.4 is 9.13 Å². The van der Waals surface area contributed by atoms with E-state index in [2.05, 4.69) is 336 Å². The molecule has 2 aliphatic heterocycles. The Hall–Kier alpha value is -12.9. The number of carbonyl (C=O) groups is 4. The number of nitrogens with zero attached hydrogens (tertiary/aromatic N) is 6. The average molecular weight is 2260 g/mol. The number of Topliss-reactive ketones (excluding diaryl/α,β-unsaturated/α-hetero) is 2. The van der Waals surface area contributed by atoms with E-state index in [4.69, 9.17) is 25.0 Å². The molecule has 5 aromatic heterocycles. The van der Waals surface area contributed by atoms with Crippen LogP contribution in [-0.4, -0.2) is 53.3 Å². The van der Waals surface area contributed by atoms with Crippen molar-refractivity contribution >= 4 is 99.2 Å². The first kappa shape index (κ1) is 100. The number of aliphatic hydroxyl groups is 2. The number of hydrogen-bond acceptors (Lipinski definition) is 10. The van der Waals surface area contributed by atoms with E-state index >= 15 is 0 Å². The van der Waals surface area contributed by atoms with E-state index in [0.29, 0.717) is 0 Å². The van der Waals surface area contributed by atoms with Crippen LogP contribution in [0.3, 0.4) is 0 Å². The number of para-hydroxylation sites is 2. The molecule has 665 valence electrons. The molecular weight excluding hydrogens is 2150 g/mol. The number of fused-ring (bicyclic) bond motifs is 18. The minimum atomic E-state index is -0.125. The van der Waals surface area contributed by atoms with Gasteiger partial charge in [0.25, 0.3) is 0 Å². The van der Waals surface area contributed by atoms with Gasteiger partial charge in [-0.1, -0.05) is 277 Å². The smallest absolute Gasteiger partial charge is 0.221 e. The number of aromatic nitrogens is 6. The van der Waals surface area contributed by atoms with Crippen LogP contribution in [0.4, 0.5) is 0 Å². The van der Waals surface area contributed by atoms with Gasteiger partial charge in [0.1, 0.15) is 11.6 Å². The van der Waals surface area contributed by atoms with Gasteiger partial charge in [-0.15, -0.1) is 93.4 Å². The van der Waals surface area contributed by atoms with Crippen LogP contribution >= 0.6 is 0 Å². The summed E-state index contributed by atoms with van der Waals surface area (Å²) in [5.41, 5.74) is 30.8. The van der Waals surface area contributed by atoms with Crippen molar-refractivity contribution in [1.29, 1.82) is 0 Å². The summed E-state index contributed by atoms with van der Waals surface area (Å²) in [6.45, 7) is 29.6. The second-order valence-electron chi connectivity index (χ2n) is 33.4. The number of ketones is 4. The molecule has 2 aliphatic rings. The average Bonchev–Trinajstić information content (AvgIpc) is 1.17. The Kier molecular flexibility index (Phi) is 35.6. The van der Waals surface area contributed by atoms with E-state index in [0.717, 1.165) is 96.2 Å². The summed E-state index contributed by atoms with van der Waals surface area (Å²) in [7, 11) is 0. The first-order valence-corrected chi connectivity index (χ1v) is 43.3. The number of aliphatic hydroxyl groups excluding tert-OH is 2. The van der Waals surface area contributed by atoms with Crippen LogP contribution in [0, 0.1) is 78.5 Å². The minimum absolute atomic E-state index is 0. The van der Waals surface area contributed by atoms with Crippen LogP contribution in [0.15, 0.2) is 327 Å². The molecule has 12 nitrogen and oxygen atoms in total. The molecule has 15 heteroatoms. The second kappa shape index (κ2) is 46.5. The number of benzene rings is 13. The van der Waals surface area contributed by atoms with Gasteiger partial charge in [-0.25, -0.2) is 0 Å². The zero-order valence-electron chi connectivity index (χ0n) is 76.5. The number of rotatable bonds is 10. The third-order valence-electron chi connectivity index (χ3n) is 21.9. The molecule has 7 heterocycles. The Bertz CT molecular complexity index is 7200. The zero-order valence-corrected chi connectivity index (χ0v) is 83.7. The van der Waals surface area contributed by atoms with Gasteiger partial charge in [0.2, 0.25) is 16.9 Å². The van der Waals surface area contributed by atoms with Crippen LogP contribution in [-0.2, 0) is 92.6 Å². The third kappa shape index (κ3) is 25.8. The maximum Gasteiger partial charge on any atom is 0.221 e. The van der Waals surface area contributed by atoms with Gasteiger partial charge >= 0.3 is 0 Å². The quantitative estimate of drug-likeness (QED) is 0.0336. The maximum absolute atomic E-state index is 11.0. The van der Waals surface area contributed by atoms with Crippen molar-refractivity contribution in [3.63, 3.8) is 0 Å². The molecule has 18 aromatic rings. The van der Waals surface area contributed by atoms with Gasteiger partial charge < -0.3 is 15.2 Å². The number of allylic oxidation sites excluding steroid dienone is 4. The molecule has 20 rings (SSSR count). The van der Waals surface area contributed by atoms with E-state index in [1.165, 1.54) is 150 Å². The second-order valence-corrected chi connectivity index (χ2v) is 33.4. The van der Waals surface area contributed by atoms with Gasteiger partial charge in [0.05, 0.1) is 56.7 Å². The fourth-order valence-electron chi connectivity index (χ4n) is 16.0. The van der Waals surface area contributed by atoms with Crippen LogP contribution in [0.1, 0.15) is 112 Å². The SMILES string of the molecule is CC(=O)C=C(C)O.CC(=O)CC(C)=O.CC(C)C(=O)C=C(O)C(C)C.Cc1[c-]c(-c2ccc3ccc(C)cc3n2)cc(C)c1.Cc1[c-]c(-c2ccc3ccccc3n2)cc(C)c1.Cc1cc2ccccc2[n+]2c1-c1ccccc1C2.Cc1cnc2c3[c-]cc(-c4ccccc4)cc3c3cc(-c4ccccc4)ccc3c2n1.[Ir].[Ir].[Ir].c1ccc2c(c1)C[n+]1ccc3ccccc3c1-2. The Morgan fingerprint density at radius 2 is 0.954 bits per heavy atom. The van der Waals surface area contributed by atoms with Crippen molar-refractivity contribution in [1.82, 2.24) is 19.9 Å². The van der Waals surface area contributed by atoms with Crippen LogP contribution in [0.2, 0.25) is 0 Å². The molecule has 0 saturated heterocycles. The molecule has 0 fully saturated rings. The number of pyridine rings is 4. The molecular formula is C116H107Ir3N6O6-. The molecule has 2 N–H and O–H groups in total. The van der Waals surface area contributed by atoms with E-state index < -0.39 is 0 Å². The van der Waals surface area contributed by atoms with Crippen molar-refractivity contribution in [2.24, 2.45) is 11.8 Å². The number of aryl methyl sites for hydroxylation is 7. The molecule has 131 heavy (non-hydrogen) atoms. The Morgan fingerprint density at radius 3 is 1.53 bits per heavy atom. The fourth-order valence-corrected chi connectivity index (χ4v) is 16.0. The van der Waals surface area contributed by atoms with Crippen LogP contribution in [0.5, 0.6) is 0 Å².